The first kappa shape index (κ1) is 25.4. The number of hydrogen-bond donors (Lipinski definition) is 2. The zero-order valence-electron chi connectivity index (χ0n) is 20.5. The van der Waals surface area contributed by atoms with Crippen molar-refractivity contribution in [1.82, 2.24) is 0 Å². The zero-order valence-corrected chi connectivity index (χ0v) is 22.1. The predicted octanol–water partition coefficient (Wildman–Crippen LogP) is 7.23. The van der Waals surface area contributed by atoms with Gasteiger partial charge in [0.1, 0.15) is 0 Å². The van der Waals surface area contributed by atoms with Crippen LogP contribution < -0.4 is 5.46 Å². The van der Waals surface area contributed by atoms with E-state index in [1.165, 1.54) is 38.9 Å². The van der Waals surface area contributed by atoms with Crippen LogP contribution in [0, 0.1) is 0 Å². The number of benzene rings is 6. The quantitative estimate of drug-likeness (QED) is 0.168. The van der Waals surface area contributed by atoms with Crippen molar-refractivity contribution in [1.29, 1.82) is 0 Å². The minimum atomic E-state index is -1.45. The lowest BCUT2D eigenvalue weighted by Crippen LogP contribution is -2.31. The Balaban J connectivity index is 0.000000128. The standard InChI is InChI=1S/C14H11BO2.C14H9Br.C4H8O/c16-15(17)14-12-7-3-1-5-10(12)9-11-6-2-4-8-13(11)14;15-14-12-7-3-1-5-10(12)9-11-6-2-4-8-13(11)14;1-2-4-5-3-1/h1-9,16-17H;1-9H;1-4H2. The molecule has 1 fully saturated rings. The Morgan fingerprint density at radius 2 is 0.892 bits per heavy atom. The van der Waals surface area contributed by atoms with Gasteiger partial charge in [-0.1, -0.05) is 97.1 Å². The summed E-state index contributed by atoms with van der Waals surface area (Å²) in [6, 6.07) is 36.7. The lowest BCUT2D eigenvalue weighted by atomic mass is 9.74. The van der Waals surface area contributed by atoms with E-state index in [4.69, 9.17) is 4.74 Å². The van der Waals surface area contributed by atoms with Crippen molar-refractivity contribution in [2.24, 2.45) is 0 Å². The third-order valence-electron chi connectivity index (χ3n) is 6.60. The lowest BCUT2D eigenvalue weighted by Gasteiger charge is -2.10. The van der Waals surface area contributed by atoms with Gasteiger partial charge in [0.25, 0.3) is 0 Å². The molecule has 1 aliphatic rings. The summed E-state index contributed by atoms with van der Waals surface area (Å²) in [6.07, 6.45) is 2.56. The van der Waals surface area contributed by atoms with Crippen LogP contribution in [0.15, 0.2) is 114 Å². The molecule has 184 valence electrons. The molecule has 3 nitrogen and oxygen atoms in total. The molecule has 1 saturated heterocycles. The molecule has 37 heavy (non-hydrogen) atoms. The molecule has 0 radical (unpaired) electrons. The van der Waals surface area contributed by atoms with Crippen LogP contribution in [0.3, 0.4) is 0 Å². The van der Waals surface area contributed by atoms with Crippen molar-refractivity contribution in [3.05, 3.63) is 114 Å². The summed E-state index contributed by atoms with van der Waals surface area (Å²) in [5.41, 5.74) is 0.582. The monoisotopic (exact) mass is 550 g/mol. The molecule has 0 amide bonds. The molecule has 0 unspecified atom stereocenters. The molecule has 5 heteroatoms. The molecule has 0 spiro atoms. The normalized spacial score (nSPS) is 12.7. The van der Waals surface area contributed by atoms with Gasteiger partial charge in [-0.25, -0.2) is 0 Å². The zero-order chi connectivity index (χ0) is 25.6. The number of hydrogen-bond acceptors (Lipinski definition) is 3. The van der Waals surface area contributed by atoms with Crippen LogP contribution in [0.5, 0.6) is 0 Å². The first-order valence-electron chi connectivity index (χ1n) is 12.5. The Morgan fingerprint density at radius 1 is 0.541 bits per heavy atom. The molecule has 6 aromatic rings. The number of fused-ring (bicyclic) bond motifs is 4. The molecular formula is C32H28BBrO3. The summed E-state index contributed by atoms with van der Waals surface area (Å²) in [5.74, 6) is 0. The molecule has 1 heterocycles. The Labute approximate surface area is 225 Å². The van der Waals surface area contributed by atoms with E-state index in [2.05, 4.69) is 76.6 Å². The SMILES string of the molecule is Brc1c2ccccc2cc2ccccc12.C1CCOC1.OB(O)c1c2ccccc2cc2ccccc12. The van der Waals surface area contributed by atoms with Crippen LogP contribution in [0.2, 0.25) is 0 Å². The molecular weight excluding hydrogens is 523 g/mol. The first-order valence-corrected chi connectivity index (χ1v) is 13.3. The van der Waals surface area contributed by atoms with E-state index in [-0.39, 0.29) is 0 Å². The van der Waals surface area contributed by atoms with E-state index in [1.54, 1.807) is 0 Å². The molecule has 2 N–H and O–H groups in total. The molecule has 0 atom stereocenters. The molecule has 7 rings (SSSR count). The second-order valence-corrected chi connectivity index (χ2v) is 9.85. The third kappa shape index (κ3) is 5.71. The summed E-state index contributed by atoms with van der Waals surface area (Å²) < 4.78 is 6.14. The van der Waals surface area contributed by atoms with Crippen molar-refractivity contribution in [2.45, 2.75) is 12.8 Å². The number of ether oxygens (including phenoxy) is 1. The van der Waals surface area contributed by atoms with Crippen molar-refractivity contribution in [2.75, 3.05) is 13.2 Å². The minimum Gasteiger partial charge on any atom is -0.423 e. The number of halogens is 1. The highest BCUT2D eigenvalue weighted by Crippen LogP contribution is 2.32. The predicted molar refractivity (Wildman–Crippen MR) is 160 cm³/mol. The van der Waals surface area contributed by atoms with E-state index in [1.807, 2.05) is 48.5 Å². The van der Waals surface area contributed by atoms with E-state index >= 15 is 0 Å². The van der Waals surface area contributed by atoms with E-state index in [9.17, 15) is 10.0 Å². The van der Waals surface area contributed by atoms with Crippen molar-refractivity contribution in [3.8, 4) is 0 Å². The summed E-state index contributed by atoms with van der Waals surface area (Å²) in [4.78, 5) is 0. The fourth-order valence-electron chi connectivity index (χ4n) is 4.80. The van der Waals surface area contributed by atoms with E-state index in [0.29, 0.717) is 5.46 Å². The highest BCUT2D eigenvalue weighted by atomic mass is 79.9. The Morgan fingerprint density at radius 3 is 1.24 bits per heavy atom. The summed E-state index contributed by atoms with van der Waals surface area (Å²) in [7, 11) is -1.45. The second-order valence-electron chi connectivity index (χ2n) is 9.06. The second kappa shape index (κ2) is 11.9. The van der Waals surface area contributed by atoms with Gasteiger partial charge in [0, 0.05) is 17.7 Å². The van der Waals surface area contributed by atoms with Gasteiger partial charge in [-0.2, -0.15) is 0 Å². The fourth-order valence-corrected chi connectivity index (χ4v) is 5.52. The molecule has 0 aromatic heterocycles. The van der Waals surface area contributed by atoms with Crippen LogP contribution in [-0.2, 0) is 4.74 Å². The van der Waals surface area contributed by atoms with Gasteiger partial charge in [-0.3, -0.25) is 0 Å². The van der Waals surface area contributed by atoms with E-state index < -0.39 is 7.12 Å². The van der Waals surface area contributed by atoms with Gasteiger partial charge in [0.05, 0.1) is 0 Å². The average molecular weight is 551 g/mol. The molecule has 6 aromatic carbocycles. The summed E-state index contributed by atoms with van der Waals surface area (Å²) >= 11 is 3.68. The molecule has 0 saturated carbocycles. The average Bonchev–Trinajstić information content (AvgIpc) is 3.53. The van der Waals surface area contributed by atoms with Gasteiger partial charge in [-0.05, 0) is 89.5 Å². The Bertz CT molecular complexity index is 1550. The van der Waals surface area contributed by atoms with Crippen LogP contribution >= 0.6 is 15.9 Å². The Hall–Kier alpha value is -3.22. The van der Waals surface area contributed by atoms with Crippen molar-refractivity contribution >= 4 is 71.6 Å². The topological polar surface area (TPSA) is 49.7 Å². The summed E-state index contributed by atoms with van der Waals surface area (Å²) in [5, 5.41) is 28.1. The lowest BCUT2D eigenvalue weighted by molar-refractivity contribution is 0.198. The number of rotatable bonds is 1. The van der Waals surface area contributed by atoms with Crippen LogP contribution in [0.1, 0.15) is 12.8 Å². The van der Waals surface area contributed by atoms with Crippen LogP contribution in [-0.4, -0.2) is 30.4 Å². The fraction of sp³-hybridized carbons (Fsp3) is 0.125. The Kier molecular flexibility index (Phi) is 8.17. The largest absolute Gasteiger partial charge is 0.489 e. The highest BCUT2D eigenvalue weighted by Gasteiger charge is 2.18. The van der Waals surface area contributed by atoms with Gasteiger partial charge < -0.3 is 14.8 Å². The van der Waals surface area contributed by atoms with Gasteiger partial charge in [-0.15, -0.1) is 0 Å². The smallest absolute Gasteiger partial charge is 0.423 e. The van der Waals surface area contributed by atoms with Gasteiger partial charge in [0.15, 0.2) is 0 Å². The maximum absolute atomic E-state index is 9.58. The maximum Gasteiger partial charge on any atom is 0.489 e. The van der Waals surface area contributed by atoms with Crippen LogP contribution in [0.25, 0.3) is 43.1 Å². The molecule has 0 bridgehead atoms. The maximum atomic E-state index is 9.58. The van der Waals surface area contributed by atoms with Gasteiger partial charge in [0.2, 0.25) is 0 Å². The molecule has 1 aliphatic heterocycles. The van der Waals surface area contributed by atoms with Crippen molar-refractivity contribution < 1.29 is 14.8 Å². The first-order chi connectivity index (χ1) is 18.1. The van der Waals surface area contributed by atoms with Crippen molar-refractivity contribution in [3.63, 3.8) is 0 Å². The van der Waals surface area contributed by atoms with E-state index in [0.717, 1.165) is 34.8 Å². The summed E-state index contributed by atoms with van der Waals surface area (Å²) in [6.45, 7) is 2.00. The highest BCUT2D eigenvalue weighted by molar-refractivity contribution is 9.10. The minimum absolute atomic E-state index is 0.582. The third-order valence-corrected chi connectivity index (χ3v) is 7.46. The van der Waals surface area contributed by atoms with Crippen LogP contribution in [0.4, 0.5) is 0 Å². The van der Waals surface area contributed by atoms with Gasteiger partial charge >= 0.3 is 7.12 Å². The molecule has 0 aliphatic carbocycles.